The molecule has 1 unspecified atom stereocenters. The van der Waals surface area contributed by atoms with Gasteiger partial charge in [0.05, 0.1) is 12.6 Å². The summed E-state index contributed by atoms with van der Waals surface area (Å²) in [6.45, 7) is 4.66. The lowest BCUT2D eigenvalue weighted by molar-refractivity contribution is -0.144. The Hall–Kier alpha value is -3.91. The molecular weight excluding hydrogens is 751 g/mol. The number of ether oxygens (including phenoxy) is 1. The maximum absolute atomic E-state index is 14.4. The van der Waals surface area contributed by atoms with Crippen LogP contribution in [0.15, 0.2) is 30.3 Å². The minimum absolute atomic E-state index is 0.0743. The monoisotopic (exact) mass is 804 g/mol. The largest absolute Gasteiger partial charge is 0.444 e. The Bertz CT molecular complexity index is 1630. The van der Waals surface area contributed by atoms with E-state index in [0.29, 0.717) is 18.4 Å². The number of amides is 6. The summed E-state index contributed by atoms with van der Waals surface area (Å²) >= 11 is 13.2. The fourth-order valence-corrected chi connectivity index (χ4v) is 8.78. The highest BCUT2D eigenvalue weighted by atomic mass is 35.5. The third-order valence-corrected chi connectivity index (χ3v) is 12.2. The third kappa shape index (κ3) is 10.3. The second-order valence-corrected chi connectivity index (χ2v) is 18.0. The minimum atomic E-state index is -1.28. The average molecular weight is 806 g/mol. The molecule has 4 aliphatic rings. The van der Waals surface area contributed by atoms with Gasteiger partial charge in [-0.05, 0) is 57.4 Å². The normalized spacial score (nSPS) is 23.5. The minimum Gasteiger partial charge on any atom is -0.444 e. The molecule has 3 aliphatic carbocycles. The first kappa shape index (κ1) is 42.2. The van der Waals surface area contributed by atoms with E-state index in [1.807, 2.05) is 0 Å². The van der Waals surface area contributed by atoms with Crippen LogP contribution in [0.3, 0.4) is 0 Å². The van der Waals surface area contributed by atoms with Gasteiger partial charge >= 0.3 is 6.09 Å². The summed E-state index contributed by atoms with van der Waals surface area (Å²) in [6.07, 6.45) is 6.24. The third-order valence-electron chi connectivity index (χ3n) is 11.1. The van der Waals surface area contributed by atoms with E-state index >= 15 is 0 Å². The SMILES string of the molecule is CN(C)C(=O)[C@@H](NC(=O)CNC(=O)C(=O)C(CC1CCC1)NC(=O)[C@@H]1[C@@H]2[C@H](CN1C(=O)[C@@H](NC(=O)OC(C)(C)C)C1CCCCC1)C2(Cl)Cl)c1ccccc1. The van der Waals surface area contributed by atoms with Crippen molar-refractivity contribution < 1.29 is 38.3 Å². The molecular formula is C39H54Cl2N6O8. The van der Waals surface area contributed by atoms with E-state index in [4.69, 9.17) is 27.9 Å². The number of Topliss-reactive ketones (excluding diaryl/α,β-unsaturated/α-hetero) is 1. The molecule has 3 saturated carbocycles. The number of carbonyl (C=O) groups excluding carboxylic acids is 7. The molecule has 302 valence electrons. The van der Waals surface area contributed by atoms with Gasteiger partial charge < -0.3 is 35.8 Å². The number of piperidine rings is 1. The quantitative estimate of drug-likeness (QED) is 0.163. The van der Waals surface area contributed by atoms with Gasteiger partial charge in [0.2, 0.25) is 29.4 Å². The van der Waals surface area contributed by atoms with E-state index in [1.54, 1.807) is 65.2 Å². The maximum atomic E-state index is 14.4. The Balaban J connectivity index is 1.29. The number of hydrogen-bond donors (Lipinski definition) is 4. The first-order valence-electron chi connectivity index (χ1n) is 19.2. The van der Waals surface area contributed by atoms with Gasteiger partial charge in [0.15, 0.2) is 0 Å². The Labute approximate surface area is 332 Å². The molecule has 14 nitrogen and oxygen atoms in total. The molecule has 6 amide bonds. The van der Waals surface area contributed by atoms with Gasteiger partial charge in [0.25, 0.3) is 5.91 Å². The van der Waals surface area contributed by atoms with Crippen LogP contribution in [-0.2, 0) is 33.5 Å². The van der Waals surface area contributed by atoms with E-state index in [0.717, 1.165) is 38.5 Å². The summed E-state index contributed by atoms with van der Waals surface area (Å²) in [5, 5.41) is 10.5. The molecule has 0 bridgehead atoms. The molecule has 16 heteroatoms. The van der Waals surface area contributed by atoms with Crippen LogP contribution >= 0.6 is 23.2 Å². The molecule has 0 aromatic heterocycles. The van der Waals surface area contributed by atoms with Crippen molar-refractivity contribution in [3.05, 3.63) is 35.9 Å². The maximum Gasteiger partial charge on any atom is 0.408 e. The van der Waals surface area contributed by atoms with Crippen LogP contribution in [0.2, 0.25) is 0 Å². The molecule has 1 heterocycles. The molecule has 4 fully saturated rings. The molecule has 1 aliphatic heterocycles. The van der Waals surface area contributed by atoms with Crippen molar-refractivity contribution in [2.45, 2.75) is 113 Å². The molecule has 5 rings (SSSR count). The van der Waals surface area contributed by atoms with E-state index in [1.165, 1.54) is 9.80 Å². The lowest BCUT2D eigenvalue weighted by Crippen LogP contribution is -2.60. The highest BCUT2D eigenvalue weighted by Crippen LogP contribution is 2.65. The van der Waals surface area contributed by atoms with E-state index < -0.39 is 88.0 Å². The molecule has 1 saturated heterocycles. The van der Waals surface area contributed by atoms with E-state index in [-0.39, 0.29) is 30.7 Å². The molecule has 4 N–H and O–H groups in total. The molecule has 0 radical (unpaired) electrons. The Morgan fingerprint density at radius 3 is 2.15 bits per heavy atom. The summed E-state index contributed by atoms with van der Waals surface area (Å²) in [4.78, 5) is 97.1. The van der Waals surface area contributed by atoms with Crippen molar-refractivity contribution in [2.75, 3.05) is 27.2 Å². The predicted octanol–water partition coefficient (Wildman–Crippen LogP) is 3.40. The molecule has 55 heavy (non-hydrogen) atoms. The van der Waals surface area contributed by atoms with Crippen molar-refractivity contribution in [3.8, 4) is 0 Å². The summed E-state index contributed by atoms with van der Waals surface area (Å²) in [5.41, 5.74) is -0.256. The number of likely N-dealkylation sites (N-methyl/N-ethyl adjacent to an activating group) is 1. The number of rotatable bonds is 14. The zero-order chi connectivity index (χ0) is 40.2. The van der Waals surface area contributed by atoms with Crippen LogP contribution in [0.25, 0.3) is 0 Å². The number of benzene rings is 1. The number of fused-ring (bicyclic) bond motifs is 1. The summed E-state index contributed by atoms with van der Waals surface area (Å²) < 4.78 is 4.22. The molecule has 6 atom stereocenters. The number of alkyl halides is 2. The van der Waals surface area contributed by atoms with Crippen LogP contribution in [0.4, 0.5) is 4.79 Å². The lowest BCUT2D eigenvalue weighted by Gasteiger charge is -2.37. The average Bonchev–Trinajstić information content (AvgIpc) is 3.41. The first-order valence-corrected chi connectivity index (χ1v) is 20.0. The van der Waals surface area contributed by atoms with Gasteiger partial charge in [-0.15, -0.1) is 23.2 Å². The van der Waals surface area contributed by atoms with Gasteiger partial charge in [-0.1, -0.05) is 68.9 Å². The number of hydrogen-bond acceptors (Lipinski definition) is 8. The number of nitrogens with one attached hydrogen (secondary N) is 4. The predicted molar refractivity (Wildman–Crippen MR) is 205 cm³/mol. The zero-order valence-corrected chi connectivity index (χ0v) is 33.7. The topological polar surface area (TPSA) is 183 Å². The van der Waals surface area contributed by atoms with Gasteiger partial charge in [-0.3, -0.25) is 28.8 Å². The number of nitrogens with zero attached hydrogens (tertiary/aromatic N) is 2. The molecule has 0 spiro atoms. The molecule has 1 aromatic carbocycles. The highest BCUT2D eigenvalue weighted by Gasteiger charge is 2.74. The Morgan fingerprint density at radius 2 is 1.56 bits per heavy atom. The van der Waals surface area contributed by atoms with Crippen LogP contribution in [0, 0.1) is 23.7 Å². The van der Waals surface area contributed by atoms with E-state index in [9.17, 15) is 33.6 Å². The smallest absolute Gasteiger partial charge is 0.408 e. The van der Waals surface area contributed by atoms with Crippen molar-refractivity contribution in [1.82, 2.24) is 31.1 Å². The highest BCUT2D eigenvalue weighted by molar-refractivity contribution is 6.51. The molecule has 1 aromatic rings. The number of alkyl carbamates (subject to hydrolysis) is 1. The standard InChI is InChI=1S/C39H54Cl2N6O8/c1-38(2,3)55-37(54)45-30(24-17-10-7-11-18-24)36(53)47-21-25-28(39(25,40)41)31(47)33(50)43-26(19-22-13-12-14-22)32(49)34(51)42-20-27(48)44-29(35(52)46(4)5)23-15-8-6-9-16-23/h6,8-9,15-16,22,24-26,28-31H,7,10-14,17-21H2,1-5H3,(H,42,51)(H,43,50)(H,44,48)(H,45,54)/t25-,26?,28-,29-,30-,31-/m0/s1. The fourth-order valence-electron chi connectivity index (χ4n) is 7.95. The number of ketones is 1. The first-order chi connectivity index (χ1) is 25.9. The number of carbonyl (C=O) groups is 7. The van der Waals surface area contributed by atoms with Crippen molar-refractivity contribution in [2.24, 2.45) is 23.7 Å². The zero-order valence-electron chi connectivity index (χ0n) is 32.2. The van der Waals surface area contributed by atoms with Crippen LogP contribution in [0.5, 0.6) is 0 Å². The summed E-state index contributed by atoms with van der Waals surface area (Å²) in [5.74, 6) is -5.39. The van der Waals surface area contributed by atoms with Crippen LogP contribution in [-0.4, -0.2) is 106 Å². The fraction of sp³-hybridized carbons (Fsp3) is 0.667. The van der Waals surface area contributed by atoms with Gasteiger partial charge in [-0.25, -0.2) is 4.79 Å². The second kappa shape index (κ2) is 17.5. The Morgan fingerprint density at radius 1 is 0.909 bits per heavy atom. The van der Waals surface area contributed by atoms with E-state index in [2.05, 4.69) is 21.3 Å². The summed E-state index contributed by atoms with van der Waals surface area (Å²) in [6, 6.07) is 4.24. The van der Waals surface area contributed by atoms with Crippen LogP contribution < -0.4 is 21.3 Å². The Kier molecular flexibility index (Phi) is 13.4. The number of halogens is 2. The second-order valence-electron chi connectivity index (χ2n) is 16.5. The summed E-state index contributed by atoms with van der Waals surface area (Å²) in [7, 11) is 3.11. The van der Waals surface area contributed by atoms with Gasteiger partial charge in [-0.2, -0.15) is 0 Å². The van der Waals surface area contributed by atoms with Gasteiger partial charge in [0, 0.05) is 32.5 Å². The van der Waals surface area contributed by atoms with Crippen molar-refractivity contribution in [1.29, 1.82) is 0 Å². The van der Waals surface area contributed by atoms with Gasteiger partial charge in [0.1, 0.15) is 28.1 Å². The van der Waals surface area contributed by atoms with Crippen molar-refractivity contribution >= 4 is 64.6 Å². The number of likely N-dealkylation sites (tertiary alicyclic amines) is 1. The lowest BCUT2D eigenvalue weighted by atomic mass is 9.80. The van der Waals surface area contributed by atoms with Crippen molar-refractivity contribution in [3.63, 3.8) is 0 Å². The van der Waals surface area contributed by atoms with Crippen LogP contribution in [0.1, 0.15) is 90.2 Å².